The first-order valence-corrected chi connectivity index (χ1v) is 5.53. The Kier molecular flexibility index (Phi) is 4.92. The Labute approximate surface area is 96.5 Å². The summed E-state index contributed by atoms with van der Waals surface area (Å²) < 4.78 is 0. The van der Waals surface area contributed by atoms with Gasteiger partial charge in [0.05, 0.1) is 18.3 Å². The van der Waals surface area contributed by atoms with Crippen molar-refractivity contribution in [2.24, 2.45) is 0 Å². The highest BCUT2D eigenvalue weighted by atomic mass is 16.1. The second-order valence-electron chi connectivity index (χ2n) is 4.08. The number of pyridine rings is 1. The Hall–Kier alpha value is -1.42. The van der Waals surface area contributed by atoms with E-state index in [1.165, 1.54) is 0 Å². The highest BCUT2D eigenvalue weighted by molar-refractivity contribution is 5.78. The molecule has 1 aromatic heterocycles. The van der Waals surface area contributed by atoms with Gasteiger partial charge in [0.1, 0.15) is 0 Å². The first-order valence-electron chi connectivity index (χ1n) is 5.53. The number of nitrogens with one attached hydrogen (secondary N) is 2. The van der Waals surface area contributed by atoms with E-state index in [0.29, 0.717) is 12.6 Å². The minimum absolute atomic E-state index is 0.00754. The first-order chi connectivity index (χ1) is 7.59. The molecule has 0 aliphatic carbocycles. The fourth-order valence-electron chi connectivity index (χ4n) is 1.30. The topological polar surface area (TPSA) is 54.0 Å². The molecule has 1 aromatic rings. The van der Waals surface area contributed by atoms with Gasteiger partial charge >= 0.3 is 0 Å². The van der Waals surface area contributed by atoms with Crippen molar-refractivity contribution in [3.63, 3.8) is 0 Å². The number of carbonyl (C=O) groups is 1. The third-order valence-electron chi connectivity index (χ3n) is 2.18. The van der Waals surface area contributed by atoms with Gasteiger partial charge < -0.3 is 10.6 Å². The molecule has 4 heteroatoms. The fraction of sp³-hybridized carbons (Fsp3) is 0.500. The SMILES string of the molecule is CC(C)NCC(=O)NC(C)c1ccccn1. The summed E-state index contributed by atoms with van der Waals surface area (Å²) in [5, 5.41) is 5.96. The van der Waals surface area contributed by atoms with Crippen molar-refractivity contribution in [2.75, 3.05) is 6.54 Å². The molecule has 0 saturated heterocycles. The van der Waals surface area contributed by atoms with E-state index in [1.54, 1.807) is 6.20 Å². The van der Waals surface area contributed by atoms with Crippen molar-refractivity contribution in [3.8, 4) is 0 Å². The van der Waals surface area contributed by atoms with E-state index in [2.05, 4.69) is 15.6 Å². The molecule has 1 atom stereocenters. The molecule has 0 bridgehead atoms. The van der Waals surface area contributed by atoms with E-state index >= 15 is 0 Å². The maximum absolute atomic E-state index is 11.5. The molecule has 0 saturated carbocycles. The van der Waals surface area contributed by atoms with Crippen LogP contribution in [0.1, 0.15) is 32.5 Å². The highest BCUT2D eigenvalue weighted by Crippen LogP contribution is 2.06. The molecule has 1 heterocycles. The van der Waals surface area contributed by atoms with Gasteiger partial charge in [-0.25, -0.2) is 0 Å². The van der Waals surface area contributed by atoms with Gasteiger partial charge in [-0.2, -0.15) is 0 Å². The summed E-state index contributed by atoms with van der Waals surface area (Å²) in [6, 6.07) is 5.94. The standard InChI is InChI=1S/C12H19N3O/c1-9(2)14-8-12(16)15-10(3)11-6-4-5-7-13-11/h4-7,9-10,14H,8H2,1-3H3,(H,15,16). The van der Waals surface area contributed by atoms with Gasteiger partial charge in [-0.1, -0.05) is 19.9 Å². The fourth-order valence-corrected chi connectivity index (χ4v) is 1.30. The molecule has 2 N–H and O–H groups in total. The van der Waals surface area contributed by atoms with Crippen LogP contribution in [0.3, 0.4) is 0 Å². The van der Waals surface area contributed by atoms with Crippen LogP contribution in [0, 0.1) is 0 Å². The number of rotatable bonds is 5. The van der Waals surface area contributed by atoms with Crippen molar-refractivity contribution in [1.82, 2.24) is 15.6 Å². The van der Waals surface area contributed by atoms with Crippen LogP contribution in [-0.4, -0.2) is 23.5 Å². The quantitative estimate of drug-likeness (QED) is 0.787. The second-order valence-corrected chi connectivity index (χ2v) is 4.08. The van der Waals surface area contributed by atoms with E-state index in [9.17, 15) is 4.79 Å². The molecule has 0 aliphatic rings. The largest absolute Gasteiger partial charge is 0.347 e. The first kappa shape index (κ1) is 12.6. The lowest BCUT2D eigenvalue weighted by atomic mass is 10.2. The highest BCUT2D eigenvalue weighted by Gasteiger charge is 2.09. The van der Waals surface area contributed by atoms with E-state index in [4.69, 9.17) is 0 Å². The van der Waals surface area contributed by atoms with Gasteiger partial charge in [0.2, 0.25) is 5.91 Å². The monoisotopic (exact) mass is 221 g/mol. The Morgan fingerprint density at radius 3 is 2.69 bits per heavy atom. The number of hydrogen-bond donors (Lipinski definition) is 2. The van der Waals surface area contributed by atoms with Gasteiger partial charge in [-0.15, -0.1) is 0 Å². The molecule has 0 aromatic carbocycles. The zero-order valence-electron chi connectivity index (χ0n) is 10.0. The number of carbonyl (C=O) groups excluding carboxylic acids is 1. The normalized spacial score (nSPS) is 12.5. The van der Waals surface area contributed by atoms with E-state index in [1.807, 2.05) is 39.0 Å². The predicted octanol–water partition coefficient (Wildman–Crippen LogP) is 1.26. The lowest BCUT2D eigenvalue weighted by Crippen LogP contribution is -2.38. The average molecular weight is 221 g/mol. The van der Waals surface area contributed by atoms with Gasteiger partial charge in [-0.05, 0) is 19.1 Å². The van der Waals surface area contributed by atoms with Crippen LogP contribution in [0.2, 0.25) is 0 Å². The molecule has 0 spiro atoms. The Morgan fingerprint density at radius 2 is 2.12 bits per heavy atom. The zero-order valence-corrected chi connectivity index (χ0v) is 10.0. The third-order valence-corrected chi connectivity index (χ3v) is 2.18. The molecular weight excluding hydrogens is 202 g/mol. The summed E-state index contributed by atoms with van der Waals surface area (Å²) in [7, 11) is 0. The molecule has 16 heavy (non-hydrogen) atoms. The van der Waals surface area contributed by atoms with Crippen LogP contribution in [0.5, 0.6) is 0 Å². The van der Waals surface area contributed by atoms with Crippen LogP contribution in [0.4, 0.5) is 0 Å². The lowest BCUT2D eigenvalue weighted by molar-refractivity contribution is -0.121. The summed E-state index contributed by atoms with van der Waals surface area (Å²) in [5.74, 6) is -0.00754. The molecule has 0 radical (unpaired) electrons. The molecular formula is C12H19N3O. The average Bonchev–Trinajstić information content (AvgIpc) is 2.27. The Bertz CT molecular complexity index is 324. The van der Waals surface area contributed by atoms with Gasteiger partial charge in [0.15, 0.2) is 0 Å². The Balaban J connectivity index is 2.40. The van der Waals surface area contributed by atoms with Gasteiger partial charge in [-0.3, -0.25) is 9.78 Å². The number of hydrogen-bond acceptors (Lipinski definition) is 3. The van der Waals surface area contributed by atoms with Crippen LogP contribution in [0.25, 0.3) is 0 Å². The summed E-state index contributed by atoms with van der Waals surface area (Å²) in [4.78, 5) is 15.7. The van der Waals surface area contributed by atoms with Crippen molar-refractivity contribution in [3.05, 3.63) is 30.1 Å². The lowest BCUT2D eigenvalue weighted by Gasteiger charge is -2.14. The van der Waals surface area contributed by atoms with E-state index in [-0.39, 0.29) is 11.9 Å². The van der Waals surface area contributed by atoms with Crippen molar-refractivity contribution < 1.29 is 4.79 Å². The molecule has 1 amide bonds. The van der Waals surface area contributed by atoms with Crippen molar-refractivity contribution in [1.29, 1.82) is 0 Å². The second kappa shape index (κ2) is 6.23. The Morgan fingerprint density at radius 1 is 1.38 bits per heavy atom. The minimum Gasteiger partial charge on any atom is -0.347 e. The van der Waals surface area contributed by atoms with Crippen LogP contribution in [-0.2, 0) is 4.79 Å². The zero-order chi connectivity index (χ0) is 12.0. The van der Waals surface area contributed by atoms with Crippen LogP contribution >= 0.6 is 0 Å². The predicted molar refractivity (Wildman–Crippen MR) is 63.9 cm³/mol. The van der Waals surface area contributed by atoms with Crippen molar-refractivity contribution in [2.45, 2.75) is 32.9 Å². The van der Waals surface area contributed by atoms with Crippen LogP contribution in [0.15, 0.2) is 24.4 Å². The third kappa shape index (κ3) is 4.40. The smallest absolute Gasteiger partial charge is 0.234 e. The van der Waals surface area contributed by atoms with Crippen LogP contribution < -0.4 is 10.6 Å². The number of amides is 1. The molecule has 0 fully saturated rings. The van der Waals surface area contributed by atoms with Gasteiger partial charge in [0, 0.05) is 12.2 Å². The number of nitrogens with zero attached hydrogens (tertiary/aromatic N) is 1. The van der Waals surface area contributed by atoms with Gasteiger partial charge in [0.25, 0.3) is 0 Å². The maximum Gasteiger partial charge on any atom is 0.234 e. The van der Waals surface area contributed by atoms with Crippen molar-refractivity contribution >= 4 is 5.91 Å². The molecule has 4 nitrogen and oxygen atoms in total. The summed E-state index contributed by atoms with van der Waals surface area (Å²) in [5.41, 5.74) is 0.875. The molecule has 1 unspecified atom stereocenters. The summed E-state index contributed by atoms with van der Waals surface area (Å²) >= 11 is 0. The molecule has 0 aliphatic heterocycles. The van der Waals surface area contributed by atoms with E-state index < -0.39 is 0 Å². The van der Waals surface area contributed by atoms with E-state index in [0.717, 1.165) is 5.69 Å². The maximum atomic E-state index is 11.5. The summed E-state index contributed by atoms with van der Waals surface area (Å²) in [6.07, 6.45) is 1.73. The summed E-state index contributed by atoms with van der Waals surface area (Å²) in [6.45, 7) is 6.29. The molecule has 1 rings (SSSR count). The minimum atomic E-state index is -0.0531. The number of aromatic nitrogens is 1. The molecule has 88 valence electrons.